The van der Waals surface area contributed by atoms with Crippen molar-refractivity contribution in [2.45, 2.75) is 19.8 Å². The predicted molar refractivity (Wildman–Crippen MR) is 83.3 cm³/mol. The molecular formula is C16H22FN3O2. The van der Waals surface area contributed by atoms with E-state index in [1.54, 1.807) is 4.90 Å². The first kappa shape index (κ1) is 16.4. The molecule has 1 fully saturated rings. The van der Waals surface area contributed by atoms with Gasteiger partial charge in [0.25, 0.3) is 5.91 Å². The summed E-state index contributed by atoms with van der Waals surface area (Å²) in [6.45, 7) is 3.49. The van der Waals surface area contributed by atoms with E-state index in [1.807, 2.05) is 7.05 Å². The number of carbonyl (C=O) groups excluding carboxylic acids is 2. The lowest BCUT2D eigenvalue weighted by Gasteiger charge is -2.33. The molecule has 1 aliphatic rings. The summed E-state index contributed by atoms with van der Waals surface area (Å²) in [4.78, 5) is 25.3. The van der Waals surface area contributed by atoms with Crippen molar-refractivity contribution in [3.63, 3.8) is 0 Å². The maximum absolute atomic E-state index is 14.0. The molecule has 1 aromatic rings. The van der Waals surface area contributed by atoms with Gasteiger partial charge in [-0.05, 0) is 50.6 Å². The number of rotatable bonds is 4. The van der Waals surface area contributed by atoms with Crippen molar-refractivity contribution in [3.05, 3.63) is 29.6 Å². The van der Waals surface area contributed by atoms with Crippen LogP contribution in [-0.4, -0.2) is 43.4 Å². The second-order valence-corrected chi connectivity index (χ2v) is 5.69. The molecule has 0 radical (unpaired) electrons. The van der Waals surface area contributed by atoms with Gasteiger partial charge in [0.1, 0.15) is 5.82 Å². The second-order valence-electron chi connectivity index (χ2n) is 5.69. The number of carbonyl (C=O) groups is 2. The number of nitrogens with one attached hydrogen (secondary N) is 2. The van der Waals surface area contributed by atoms with E-state index in [-0.39, 0.29) is 17.4 Å². The Morgan fingerprint density at radius 3 is 2.86 bits per heavy atom. The van der Waals surface area contributed by atoms with Gasteiger partial charge in [-0.25, -0.2) is 4.39 Å². The molecule has 22 heavy (non-hydrogen) atoms. The molecule has 0 spiro atoms. The molecule has 0 aromatic heterocycles. The van der Waals surface area contributed by atoms with E-state index >= 15 is 0 Å². The molecule has 2 amide bonds. The van der Waals surface area contributed by atoms with Crippen LogP contribution in [0.5, 0.6) is 0 Å². The Labute approximate surface area is 129 Å². The van der Waals surface area contributed by atoms with Gasteiger partial charge in [0.05, 0.1) is 5.56 Å². The summed E-state index contributed by atoms with van der Waals surface area (Å²) in [5.74, 6) is -0.735. The smallest absolute Gasteiger partial charge is 0.256 e. The molecule has 5 nitrogen and oxygen atoms in total. The molecule has 6 heteroatoms. The number of anilines is 1. The number of piperidine rings is 1. The lowest BCUT2D eigenvalue weighted by molar-refractivity contribution is -0.114. The van der Waals surface area contributed by atoms with Crippen molar-refractivity contribution in [2.75, 3.05) is 32.0 Å². The average Bonchev–Trinajstić information content (AvgIpc) is 2.49. The Morgan fingerprint density at radius 1 is 1.41 bits per heavy atom. The van der Waals surface area contributed by atoms with E-state index < -0.39 is 5.82 Å². The van der Waals surface area contributed by atoms with Gasteiger partial charge >= 0.3 is 0 Å². The maximum atomic E-state index is 14.0. The SMILES string of the molecule is CNCC1CCCN(C(=O)c2cc(NC(C)=O)ccc2F)C1. The molecule has 0 saturated carbocycles. The van der Waals surface area contributed by atoms with Crippen molar-refractivity contribution in [3.8, 4) is 0 Å². The Hall–Kier alpha value is -1.95. The number of hydrogen-bond donors (Lipinski definition) is 2. The van der Waals surface area contributed by atoms with Crippen LogP contribution >= 0.6 is 0 Å². The van der Waals surface area contributed by atoms with Crippen LogP contribution in [0.1, 0.15) is 30.1 Å². The molecule has 2 rings (SSSR count). The highest BCUT2D eigenvalue weighted by Crippen LogP contribution is 2.21. The molecule has 120 valence electrons. The fourth-order valence-electron chi connectivity index (χ4n) is 2.85. The zero-order valence-electron chi connectivity index (χ0n) is 13.0. The van der Waals surface area contributed by atoms with Crippen LogP contribution in [0.15, 0.2) is 18.2 Å². The van der Waals surface area contributed by atoms with Crippen molar-refractivity contribution in [2.24, 2.45) is 5.92 Å². The van der Waals surface area contributed by atoms with E-state index in [1.165, 1.54) is 25.1 Å². The van der Waals surface area contributed by atoms with Crippen LogP contribution in [0.4, 0.5) is 10.1 Å². The Balaban J connectivity index is 2.15. The van der Waals surface area contributed by atoms with E-state index in [9.17, 15) is 14.0 Å². The topological polar surface area (TPSA) is 61.4 Å². The third-order valence-electron chi connectivity index (χ3n) is 3.82. The molecular weight excluding hydrogens is 285 g/mol. The summed E-state index contributed by atoms with van der Waals surface area (Å²) in [5.41, 5.74) is 0.442. The van der Waals surface area contributed by atoms with Crippen LogP contribution in [-0.2, 0) is 4.79 Å². The molecule has 2 N–H and O–H groups in total. The van der Waals surface area contributed by atoms with Crippen LogP contribution in [0.3, 0.4) is 0 Å². The fourth-order valence-corrected chi connectivity index (χ4v) is 2.85. The molecule has 0 aliphatic carbocycles. The minimum absolute atomic E-state index is 0.0105. The van der Waals surface area contributed by atoms with Crippen molar-refractivity contribution in [1.29, 1.82) is 0 Å². The minimum atomic E-state index is -0.560. The predicted octanol–water partition coefficient (Wildman–Crippen LogP) is 1.86. The number of amides is 2. The van der Waals surface area contributed by atoms with E-state index in [2.05, 4.69) is 10.6 Å². The molecule has 1 heterocycles. The van der Waals surface area contributed by atoms with Gasteiger partial charge in [-0.3, -0.25) is 9.59 Å². The first-order chi connectivity index (χ1) is 10.5. The van der Waals surface area contributed by atoms with Crippen molar-refractivity contribution < 1.29 is 14.0 Å². The third kappa shape index (κ3) is 4.04. The summed E-state index contributed by atoms with van der Waals surface area (Å²) in [5, 5.41) is 5.69. The van der Waals surface area contributed by atoms with Crippen LogP contribution in [0, 0.1) is 11.7 Å². The van der Waals surface area contributed by atoms with Gasteiger partial charge in [-0.1, -0.05) is 0 Å². The molecule has 1 saturated heterocycles. The van der Waals surface area contributed by atoms with Gasteiger partial charge in [0.15, 0.2) is 0 Å². The standard InChI is InChI=1S/C16H22FN3O2/c1-11(21)19-13-5-6-15(17)14(8-13)16(22)20-7-3-4-12(10-20)9-18-2/h5-6,8,12,18H,3-4,7,9-10H2,1-2H3,(H,19,21). The minimum Gasteiger partial charge on any atom is -0.338 e. The summed E-state index contributed by atoms with van der Waals surface area (Å²) in [7, 11) is 1.89. The Kier molecular flexibility index (Phi) is 5.49. The van der Waals surface area contributed by atoms with Gasteiger partial charge in [-0.15, -0.1) is 0 Å². The lowest BCUT2D eigenvalue weighted by Crippen LogP contribution is -2.42. The number of nitrogens with zero attached hydrogens (tertiary/aromatic N) is 1. The first-order valence-corrected chi connectivity index (χ1v) is 7.52. The number of halogens is 1. The van der Waals surface area contributed by atoms with Crippen LogP contribution in [0.25, 0.3) is 0 Å². The Morgan fingerprint density at radius 2 is 2.18 bits per heavy atom. The average molecular weight is 307 g/mol. The summed E-state index contributed by atoms with van der Waals surface area (Å²) in [6, 6.07) is 4.07. The van der Waals surface area contributed by atoms with E-state index in [0.717, 1.165) is 19.4 Å². The van der Waals surface area contributed by atoms with Gasteiger partial charge in [0.2, 0.25) is 5.91 Å². The lowest BCUT2D eigenvalue weighted by atomic mass is 9.97. The largest absolute Gasteiger partial charge is 0.338 e. The maximum Gasteiger partial charge on any atom is 0.256 e. The number of hydrogen-bond acceptors (Lipinski definition) is 3. The van der Waals surface area contributed by atoms with E-state index in [0.29, 0.717) is 24.7 Å². The summed E-state index contributed by atoms with van der Waals surface area (Å²) < 4.78 is 14.0. The van der Waals surface area contributed by atoms with Crippen molar-refractivity contribution >= 4 is 17.5 Å². The second kappa shape index (κ2) is 7.35. The molecule has 0 bridgehead atoms. The summed E-state index contributed by atoms with van der Waals surface area (Å²) >= 11 is 0. The molecule has 1 unspecified atom stereocenters. The zero-order valence-corrected chi connectivity index (χ0v) is 13.0. The summed E-state index contributed by atoms with van der Waals surface area (Å²) in [6.07, 6.45) is 1.99. The van der Waals surface area contributed by atoms with Crippen LogP contribution in [0.2, 0.25) is 0 Å². The highest BCUT2D eigenvalue weighted by atomic mass is 19.1. The monoisotopic (exact) mass is 307 g/mol. The zero-order chi connectivity index (χ0) is 16.1. The van der Waals surface area contributed by atoms with E-state index in [4.69, 9.17) is 0 Å². The highest BCUT2D eigenvalue weighted by Gasteiger charge is 2.26. The number of benzene rings is 1. The van der Waals surface area contributed by atoms with Crippen molar-refractivity contribution in [1.82, 2.24) is 10.2 Å². The quantitative estimate of drug-likeness (QED) is 0.892. The third-order valence-corrected chi connectivity index (χ3v) is 3.82. The first-order valence-electron chi connectivity index (χ1n) is 7.52. The molecule has 1 aromatic carbocycles. The molecule has 1 aliphatic heterocycles. The van der Waals surface area contributed by atoms with Gasteiger partial charge in [-0.2, -0.15) is 0 Å². The van der Waals surface area contributed by atoms with Gasteiger partial charge in [0, 0.05) is 25.7 Å². The Bertz CT molecular complexity index is 560. The van der Waals surface area contributed by atoms with Crippen LogP contribution < -0.4 is 10.6 Å². The van der Waals surface area contributed by atoms with Gasteiger partial charge < -0.3 is 15.5 Å². The fraction of sp³-hybridized carbons (Fsp3) is 0.500. The molecule has 1 atom stereocenters. The number of likely N-dealkylation sites (tertiary alicyclic amines) is 1. The highest BCUT2D eigenvalue weighted by molar-refractivity contribution is 5.97. The normalized spacial score (nSPS) is 18.1.